The van der Waals surface area contributed by atoms with Gasteiger partial charge in [-0.1, -0.05) is 18.2 Å². The number of para-hydroxylation sites is 1. The maximum absolute atomic E-state index is 12.1. The van der Waals surface area contributed by atoms with E-state index in [1.165, 1.54) is 0 Å². The molecule has 0 fully saturated rings. The lowest BCUT2D eigenvalue weighted by molar-refractivity contribution is -0.130. The lowest BCUT2D eigenvalue weighted by atomic mass is 10.1. The molecule has 10 heteroatoms. The first-order valence-corrected chi connectivity index (χ1v) is 11.2. The number of anilines is 1. The monoisotopic (exact) mass is 566 g/mol. The highest BCUT2D eigenvalue weighted by atomic mass is 127. The van der Waals surface area contributed by atoms with E-state index in [0.29, 0.717) is 49.0 Å². The Hall–Kier alpha value is -2.81. The average Bonchev–Trinajstić information content (AvgIpc) is 3.13. The zero-order valence-electron chi connectivity index (χ0n) is 19.7. The molecular weight excluding hydrogens is 531 g/mol. The van der Waals surface area contributed by atoms with Crippen LogP contribution in [0.1, 0.15) is 44.9 Å². The molecule has 180 valence electrons. The molecule has 2 rings (SSSR count). The molecule has 9 nitrogen and oxygen atoms in total. The van der Waals surface area contributed by atoms with Crippen molar-refractivity contribution in [1.29, 1.82) is 5.26 Å². The summed E-state index contributed by atoms with van der Waals surface area (Å²) in [4.78, 5) is 18.5. The molecule has 0 bridgehead atoms. The van der Waals surface area contributed by atoms with E-state index in [9.17, 15) is 10.1 Å². The largest absolute Gasteiger partial charge is 0.382 e. The standard InChI is InChI=1S/C23H34N8O.HI/c1-4-26-23(28-16-14-21(32)30(5-2)6-3)27-15-10-13-20-19(17-24)22(25)31(29-20)18-11-8-7-9-12-18;/h7-9,11-12H,4-6,10,13-16,25H2,1-3H3,(H2,26,27,28);1H. The van der Waals surface area contributed by atoms with Crippen LogP contribution in [0, 0.1) is 11.3 Å². The van der Waals surface area contributed by atoms with E-state index in [-0.39, 0.29) is 29.9 Å². The Morgan fingerprint density at radius 2 is 1.91 bits per heavy atom. The first kappa shape index (κ1) is 28.2. The summed E-state index contributed by atoms with van der Waals surface area (Å²) < 4.78 is 1.61. The van der Waals surface area contributed by atoms with Crippen molar-refractivity contribution in [1.82, 2.24) is 25.3 Å². The number of aliphatic imine (C=N–C) groups is 1. The van der Waals surface area contributed by atoms with Crippen LogP contribution in [-0.2, 0) is 11.2 Å². The summed E-state index contributed by atoms with van der Waals surface area (Å²) >= 11 is 0. The molecule has 0 saturated carbocycles. The fourth-order valence-corrected chi connectivity index (χ4v) is 3.34. The molecule has 1 heterocycles. The van der Waals surface area contributed by atoms with Crippen LogP contribution in [0.3, 0.4) is 0 Å². The van der Waals surface area contributed by atoms with Crippen LogP contribution >= 0.6 is 24.0 Å². The Kier molecular flexibility index (Phi) is 12.9. The number of nitrogens with two attached hydrogens (primary N) is 1. The number of halogens is 1. The number of hydrogen-bond donors (Lipinski definition) is 3. The van der Waals surface area contributed by atoms with Crippen molar-refractivity contribution in [2.24, 2.45) is 4.99 Å². The number of aromatic nitrogens is 2. The Labute approximate surface area is 213 Å². The normalized spacial score (nSPS) is 10.8. The van der Waals surface area contributed by atoms with Gasteiger partial charge >= 0.3 is 0 Å². The molecule has 1 amide bonds. The van der Waals surface area contributed by atoms with Gasteiger partial charge in [-0.15, -0.1) is 24.0 Å². The van der Waals surface area contributed by atoms with Crippen LogP contribution < -0.4 is 16.4 Å². The third kappa shape index (κ3) is 8.24. The van der Waals surface area contributed by atoms with Crippen molar-refractivity contribution in [3.05, 3.63) is 41.6 Å². The lowest BCUT2D eigenvalue weighted by Gasteiger charge is -2.19. The van der Waals surface area contributed by atoms with Crippen LogP contribution in [0.5, 0.6) is 0 Å². The van der Waals surface area contributed by atoms with E-state index < -0.39 is 0 Å². The van der Waals surface area contributed by atoms with Crippen LogP contribution in [0.4, 0.5) is 5.82 Å². The number of nitrogens with zero attached hydrogens (tertiary/aromatic N) is 5. The molecule has 0 aliphatic carbocycles. The minimum Gasteiger partial charge on any atom is -0.382 e. The fraction of sp³-hybridized carbons (Fsp3) is 0.478. The van der Waals surface area contributed by atoms with Gasteiger partial charge in [-0.05, 0) is 45.7 Å². The van der Waals surface area contributed by atoms with Crippen LogP contribution in [0.2, 0.25) is 0 Å². The summed E-state index contributed by atoms with van der Waals surface area (Å²) in [6.07, 6.45) is 1.74. The number of benzene rings is 1. The molecule has 1 aromatic heterocycles. The highest BCUT2D eigenvalue weighted by Gasteiger charge is 2.16. The minimum atomic E-state index is 0. The molecule has 2 aromatic rings. The van der Waals surface area contributed by atoms with Crippen molar-refractivity contribution in [2.75, 3.05) is 38.5 Å². The fourth-order valence-electron chi connectivity index (χ4n) is 3.34. The number of carbonyl (C=O) groups excluding carboxylic acids is 1. The lowest BCUT2D eigenvalue weighted by Crippen LogP contribution is -2.40. The van der Waals surface area contributed by atoms with E-state index in [1.807, 2.05) is 56.0 Å². The van der Waals surface area contributed by atoms with E-state index in [2.05, 4.69) is 26.8 Å². The molecule has 0 aliphatic heterocycles. The highest BCUT2D eigenvalue weighted by Crippen LogP contribution is 2.21. The van der Waals surface area contributed by atoms with Crippen molar-refractivity contribution < 1.29 is 4.79 Å². The number of aryl methyl sites for hydroxylation is 1. The van der Waals surface area contributed by atoms with Crippen LogP contribution in [0.15, 0.2) is 35.3 Å². The molecule has 4 N–H and O–H groups in total. The molecule has 0 saturated heterocycles. The maximum atomic E-state index is 12.1. The van der Waals surface area contributed by atoms with Gasteiger partial charge in [0, 0.05) is 39.1 Å². The SMILES string of the molecule is CCNC(=NCCCc1nn(-c2ccccc2)c(N)c1C#N)NCCC(=O)N(CC)CC.I. The smallest absolute Gasteiger partial charge is 0.224 e. The predicted octanol–water partition coefficient (Wildman–Crippen LogP) is 2.69. The molecular formula is C23H35IN8O. The summed E-state index contributed by atoms with van der Waals surface area (Å²) in [7, 11) is 0. The second kappa shape index (κ2) is 15.1. The second-order valence-electron chi connectivity index (χ2n) is 7.17. The average molecular weight is 566 g/mol. The van der Waals surface area contributed by atoms with Gasteiger partial charge in [-0.3, -0.25) is 9.79 Å². The first-order valence-electron chi connectivity index (χ1n) is 11.2. The number of carbonyl (C=O) groups is 1. The van der Waals surface area contributed by atoms with E-state index in [0.717, 1.165) is 31.7 Å². The van der Waals surface area contributed by atoms with Crippen LogP contribution in [-0.4, -0.2) is 59.3 Å². The Morgan fingerprint density at radius 3 is 2.52 bits per heavy atom. The van der Waals surface area contributed by atoms with Gasteiger partial charge in [-0.25, -0.2) is 4.68 Å². The minimum absolute atomic E-state index is 0. The number of nitrogen functional groups attached to an aromatic ring is 1. The molecule has 0 atom stereocenters. The first-order chi connectivity index (χ1) is 15.5. The number of hydrogen-bond acceptors (Lipinski definition) is 5. The Morgan fingerprint density at radius 1 is 1.21 bits per heavy atom. The molecule has 0 unspecified atom stereocenters. The summed E-state index contributed by atoms with van der Waals surface area (Å²) in [6.45, 7) is 9.21. The van der Waals surface area contributed by atoms with Crippen molar-refractivity contribution in [2.45, 2.75) is 40.0 Å². The zero-order chi connectivity index (χ0) is 23.3. The summed E-state index contributed by atoms with van der Waals surface area (Å²) in [5, 5.41) is 20.5. The van der Waals surface area contributed by atoms with Gasteiger partial charge in [0.1, 0.15) is 17.5 Å². The maximum Gasteiger partial charge on any atom is 0.224 e. The van der Waals surface area contributed by atoms with E-state index in [1.54, 1.807) is 4.68 Å². The molecule has 1 aromatic carbocycles. The van der Waals surface area contributed by atoms with Gasteiger partial charge in [-0.2, -0.15) is 10.4 Å². The number of nitriles is 1. The Balaban J connectivity index is 0.00000544. The number of amides is 1. The highest BCUT2D eigenvalue weighted by molar-refractivity contribution is 14.0. The molecule has 33 heavy (non-hydrogen) atoms. The quantitative estimate of drug-likeness (QED) is 0.166. The van der Waals surface area contributed by atoms with Crippen molar-refractivity contribution in [3.63, 3.8) is 0 Å². The summed E-state index contributed by atoms with van der Waals surface area (Å²) in [5.41, 5.74) is 8.07. The van der Waals surface area contributed by atoms with Gasteiger partial charge in [0.2, 0.25) is 5.91 Å². The third-order valence-electron chi connectivity index (χ3n) is 5.04. The van der Waals surface area contributed by atoms with Gasteiger partial charge in [0.05, 0.1) is 11.4 Å². The zero-order valence-corrected chi connectivity index (χ0v) is 22.0. The molecule has 0 spiro atoms. The molecule has 0 radical (unpaired) electrons. The summed E-state index contributed by atoms with van der Waals surface area (Å²) in [5.74, 6) is 1.16. The number of rotatable bonds is 11. The van der Waals surface area contributed by atoms with Gasteiger partial charge in [0.25, 0.3) is 0 Å². The third-order valence-corrected chi connectivity index (χ3v) is 5.04. The van der Waals surface area contributed by atoms with Gasteiger partial charge in [0.15, 0.2) is 5.96 Å². The van der Waals surface area contributed by atoms with E-state index in [4.69, 9.17) is 5.73 Å². The van der Waals surface area contributed by atoms with Gasteiger partial charge < -0.3 is 21.3 Å². The van der Waals surface area contributed by atoms with Crippen LogP contribution in [0.25, 0.3) is 5.69 Å². The Bertz CT molecular complexity index is 932. The van der Waals surface area contributed by atoms with E-state index >= 15 is 0 Å². The number of nitrogens with one attached hydrogen (secondary N) is 2. The topological polar surface area (TPSA) is 124 Å². The second-order valence-corrected chi connectivity index (χ2v) is 7.17. The predicted molar refractivity (Wildman–Crippen MR) is 143 cm³/mol. The summed E-state index contributed by atoms with van der Waals surface area (Å²) in [6, 6.07) is 11.7. The number of guanidine groups is 1. The molecule has 0 aliphatic rings. The van der Waals surface area contributed by atoms with Crippen molar-refractivity contribution >= 4 is 41.7 Å². The van der Waals surface area contributed by atoms with Crippen molar-refractivity contribution in [3.8, 4) is 11.8 Å².